The molecule has 0 spiro atoms. The second-order valence-corrected chi connectivity index (χ2v) is 6.44. The highest BCUT2D eigenvalue weighted by Crippen LogP contribution is 2.16. The molecule has 0 fully saturated rings. The van der Waals surface area contributed by atoms with Crippen LogP contribution in [0.15, 0.2) is 41.2 Å². The number of hydrogen-bond acceptors (Lipinski definition) is 4. The Morgan fingerprint density at radius 1 is 1.32 bits per heavy atom. The number of carbonyl (C=O) groups is 1. The van der Waals surface area contributed by atoms with Gasteiger partial charge < -0.3 is 5.32 Å². The lowest BCUT2D eigenvalue weighted by Gasteiger charge is -2.24. The molecule has 0 bridgehead atoms. The van der Waals surface area contributed by atoms with E-state index < -0.39 is 22.8 Å². The summed E-state index contributed by atoms with van der Waals surface area (Å²) in [5.41, 5.74) is -1.15. The van der Waals surface area contributed by atoms with Gasteiger partial charge in [0, 0.05) is 6.07 Å². The first-order valence-electron chi connectivity index (χ1n) is 7.84. The van der Waals surface area contributed by atoms with Crippen LogP contribution in [0.25, 0.3) is 5.69 Å². The van der Waals surface area contributed by atoms with E-state index in [9.17, 15) is 19.2 Å². The van der Waals surface area contributed by atoms with Gasteiger partial charge in [-0.1, -0.05) is 13.8 Å². The van der Waals surface area contributed by atoms with Gasteiger partial charge in [-0.2, -0.15) is 15.0 Å². The molecule has 7 heteroatoms. The van der Waals surface area contributed by atoms with Gasteiger partial charge in [0.25, 0.3) is 11.5 Å². The molecule has 1 N–H and O–H groups in total. The number of nitrogens with zero attached hydrogens (tertiary/aromatic N) is 3. The van der Waals surface area contributed by atoms with Crippen LogP contribution in [0.5, 0.6) is 0 Å². The van der Waals surface area contributed by atoms with Crippen molar-refractivity contribution in [3.63, 3.8) is 0 Å². The van der Waals surface area contributed by atoms with Crippen molar-refractivity contribution in [1.82, 2.24) is 15.1 Å². The average molecular weight is 342 g/mol. The highest BCUT2D eigenvalue weighted by atomic mass is 19.1. The molecule has 1 amide bonds. The molecule has 0 saturated carbocycles. The van der Waals surface area contributed by atoms with Gasteiger partial charge in [0.2, 0.25) is 0 Å². The zero-order valence-electron chi connectivity index (χ0n) is 14.3. The molecule has 6 nitrogen and oxygen atoms in total. The van der Waals surface area contributed by atoms with Crippen LogP contribution in [0.4, 0.5) is 4.39 Å². The second-order valence-electron chi connectivity index (χ2n) is 6.44. The number of nitrogens with one attached hydrogen (secondary N) is 1. The van der Waals surface area contributed by atoms with Crippen molar-refractivity contribution in [3.05, 3.63) is 58.3 Å². The molecule has 1 aromatic heterocycles. The number of hydrogen-bond donors (Lipinski definition) is 1. The Morgan fingerprint density at radius 2 is 1.96 bits per heavy atom. The minimum Gasteiger partial charge on any atom is -0.333 e. The van der Waals surface area contributed by atoms with Crippen molar-refractivity contribution in [2.45, 2.75) is 32.7 Å². The fourth-order valence-electron chi connectivity index (χ4n) is 2.56. The first kappa shape index (κ1) is 18.3. The van der Waals surface area contributed by atoms with Crippen molar-refractivity contribution >= 4 is 5.91 Å². The van der Waals surface area contributed by atoms with E-state index in [0.29, 0.717) is 12.1 Å². The summed E-state index contributed by atoms with van der Waals surface area (Å²) in [6, 6.07) is 9.79. The Labute approximate surface area is 144 Å². The van der Waals surface area contributed by atoms with Crippen LogP contribution in [0.2, 0.25) is 0 Å². The number of benzene rings is 1. The smallest absolute Gasteiger partial charge is 0.272 e. The van der Waals surface area contributed by atoms with Gasteiger partial charge in [-0.25, -0.2) is 4.39 Å². The Bertz CT molecular complexity index is 868. The topological polar surface area (TPSA) is 87.8 Å². The summed E-state index contributed by atoms with van der Waals surface area (Å²) in [4.78, 5) is 24.4. The predicted octanol–water partition coefficient (Wildman–Crippen LogP) is 2.43. The molecule has 0 aliphatic heterocycles. The highest BCUT2D eigenvalue weighted by Gasteiger charge is 2.28. The summed E-state index contributed by atoms with van der Waals surface area (Å²) in [7, 11) is 0. The molecule has 1 unspecified atom stereocenters. The maximum absolute atomic E-state index is 13.0. The lowest BCUT2D eigenvalue weighted by atomic mass is 9.92. The fourth-order valence-corrected chi connectivity index (χ4v) is 2.56. The standard InChI is InChI=1S/C18H19FN4O2/c1-12(2)10-18(3,11-20)21-17(25)15-8-9-16(24)23(22-15)14-6-4-13(19)5-7-14/h4-9,12H,10H2,1-3H3,(H,21,25). The highest BCUT2D eigenvalue weighted by molar-refractivity contribution is 5.92. The average Bonchev–Trinajstić information content (AvgIpc) is 2.55. The van der Waals surface area contributed by atoms with E-state index in [1.54, 1.807) is 6.92 Å². The SMILES string of the molecule is CC(C)CC(C)(C#N)NC(=O)c1ccc(=O)n(-c2ccc(F)cc2)n1. The molecule has 0 radical (unpaired) electrons. The quantitative estimate of drug-likeness (QED) is 0.904. The van der Waals surface area contributed by atoms with Gasteiger partial charge in [0.15, 0.2) is 0 Å². The molecular weight excluding hydrogens is 323 g/mol. The van der Waals surface area contributed by atoms with E-state index in [1.807, 2.05) is 13.8 Å². The summed E-state index contributed by atoms with van der Waals surface area (Å²) >= 11 is 0. The van der Waals surface area contributed by atoms with Crippen LogP contribution in [0.1, 0.15) is 37.7 Å². The van der Waals surface area contributed by atoms with E-state index in [1.165, 1.54) is 36.4 Å². The normalized spacial score (nSPS) is 13.1. The lowest BCUT2D eigenvalue weighted by Crippen LogP contribution is -2.46. The summed E-state index contributed by atoms with van der Waals surface area (Å²) in [6.45, 7) is 5.55. The predicted molar refractivity (Wildman–Crippen MR) is 90.7 cm³/mol. The molecule has 130 valence electrons. The molecule has 25 heavy (non-hydrogen) atoms. The van der Waals surface area contributed by atoms with Crippen LogP contribution < -0.4 is 10.9 Å². The van der Waals surface area contributed by atoms with Gasteiger partial charge in [0.05, 0.1) is 11.8 Å². The summed E-state index contributed by atoms with van der Waals surface area (Å²) < 4.78 is 14.1. The van der Waals surface area contributed by atoms with Crippen LogP contribution in [0.3, 0.4) is 0 Å². The van der Waals surface area contributed by atoms with Crippen molar-refractivity contribution in [2.75, 3.05) is 0 Å². The maximum Gasteiger partial charge on any atom is 0.272 e. The summed E-state index contributed by atoms with van der Waals surface area (Å²) in [5, 5.41) is 16.0. The minimum atomic E-state index is -1.04. The molecule has 2 aromatic rings. The van der Waals surface area contributed by atoms with Gasteiger partial charge >= 0.3 is 0 Å². The van der Waals surface area contributed by atoms with Crippen molar-refractivity contribution in [1.29, 1.82) is 5.26 Å². The van der Waals surface area contributed by atoms with E-state index in [-0.39, 0.29) is 11.6 Å². The first-order valence-corrected chi connectivity index (χ1v) is 7.84. The number of carbonyl (C=O) groups excluding carboxylic acids is 1. The van der Waals surface area contributed by atoms with Crippen LogP contribution >= 0.6 is 0 Å². The van der Waals surface area contributed by atoms with Crippen molar-refractivity contribution in [3.8, 4) is 11.8 Å². The fraction of sp³-hybridized carbons (Fsp3) is 0.333. The third-order valence-electron chi connectivity index (χ3n) is 3.56. The molecule has 0 saturated heterocycles. The Balaban J connectivity index is 2.33. The summed E-state index contributed by atoms with van der Waals surface area (Å²) in [6.07, 6.45) is 0.479. The Kier molecular flexibility index (Phi) is 5.32. The van der Waals surface area contributed by atoms with Crippen LogP contribution in [-0.2, 0) is 0 Å². The molecule has 1 aromatic carbocycles. The molecule has 1 atom stereocenters. The number of nitriles is 1. The van der Waals surface area contributed by atoms with Gasteiger partial charge in [0.1, 0.15) is 17.1 Å². The van der Waals surface area contributed by atoms with Crippen LogP contribution in [0, 0.1) is 23.1 Å². The zero-order chi connectivity index (χ0) is 18.6. The third kappa shape index (κ3) is 4.51. The van der Waals surface area contributed by atoms with Gasteiger partial charge in [-0.05, 0) is 49.6 Å². The Hall–Kier alpha value is -3.01. The molecule has 1 heterocycles. The first-order chi connectivity index (χ1) is 11.7. The monoisotopic (exact) mass is 342 g/mol. The summed E-state index contributed by atoms with van der Waals surface area (Å²) in [5.74, 6) is -0.782. The Morgan fingerprint density at radius 3 is 2.52 bits per heavy atom. The number of halogens is 1. The van der Waals surface area contributed by atoms with Gasteiger partial charge in [-0.3, -0.25) is 9.59 Å². The minimum absolute atomic E-state index is 0.00541. The van der Waals surface area contributed by atoms with Gasteiger partial charge in [-0.15, -0.1) is 0 Å². The van der Waals surface area contributed by atoms with E-state index in [2.05, 4.69) is 16.5 Å². The molecular formula is C18H19FN4O2. The molecule has 2 rings (SSSR count). The van der Waals surface area contributed by atoms with E-state index >= 15 is 0 Å². The van der Waals surface area contributed by atoms with Crippen LogP contribution in [-0.4, -0.2) is 21.2 Å². The van der Waals surface area contributed by atoms with E-state index in [4.69, 9.17) is 0 Å². The van der Waals surface area contributed by atoms with E-state index in [0.717, 1.165) is 4.68 Å². The molecule has 0 aliphatic carbocycles. The second kappa shape index (κ2) is 7.26. The van der Waals surface area contributed by atoms with Crippen molar-refractivity contribution < 1.29 is 9.18 Å². The largest absolute Gasteiger partial charge is 0.333 e. The number of rotatable bonds is 5. The zero-order valence-corrected chi connectivity index (χ0v) is 14.3. The van der Waals surface area contributed by atoms with Crippen molar-refractivity contribution in [2.24, 2.45) is 5.92 Å². The molecule has 0 aliphatic rings. The maximum atomic E-state index is 13.0. The third-order valence-corrected chi connectivity index (χ3v) is 3.56. The lowest BCUT2D eigenvalue weighted by molar-refractivity contribution is 0.0910. The number of amides is 1. The number of aromatic nitrogens is 2.